The molecule has 0 fully saturated rings. The van der Waals surface area contributed by atoms with Crippen molar-refractivity contribution in [3.05, 3.63) is 30.1 Å². The van der Waals surface area contributed by atoms with Gasteiger partial charge in [-0.25, -0.2) is 0 Å². The zero-order valence-corrected chi connectivity index (χ0v) is 10.5. The number of carbonyl (C=O) groups is 1. The minimum Gasteiger partial charge on any atom is -0.347 e. The Kier molecular flexibility index (Phi) is 5.63. The van der Waals surface area contributed by atoms with Crippen LogP contribution in [0.5, 0.6) is 0 Å². The highest BCUT2D eigenvalue weighted by Gasteiger charge is 2.16. The summed E-state index contributed by atoms with van der Waals surface area (Å²) in [4.78, 5) is 16.0. The molecular formula is C13H21N3O. The van der Waals surface area contributed by atoms with Gasteiger partial charge in [-0.3, -0.25) is 9.78 Å². The van der Waals surface area contributed by atoms with E-state index in [4.69, 9.17) is 5.73 Å². The zero-order chi connectivity index (χ0) is 12.7. The summed E-state index contributed by atoms with van der Waals surface area (Å²) in [5.41, 5.74) is 6.65. The highest BCUT2D eigenvalue weighted by Crippen LogP contribution is 2.08. The fourth-order valence-electron chi connectivity index (χ4n) is 1.58. The number of hydrogen-bond acceptors (Lipinski definition) is 3. The Bertz CT molecular complexity index is 340. The van der Waals surface area contributed by atoms with Gasteiger partial charge in [0.05, 0.1) is 17.8 Å². The average Bonchev–Trinajstić information content (AvgIpc) is 2.36. The van der Waals surface area contributed by atoms with Gasteiger partial charge >= 0.3 is 0 Å². The largest absolute Gasteiger partial charge is 0.347 e. The van der Waals surface area contributed by atoms with Crippen molar-refractivity contribution in [2.24, 2.45) is 5.73 Å². The fourth-order valence-corrected chi connectivity index (χ4v) is 1.58. The molecule has 0 aliphatic carbocycles. The highest BCUT2D eigenvalue weighted by atomic mass is 16.2. The molecule has 1 heterocycles. The molecule has 0 saturated heterocycles. The minimum atomic E-state index is -0.416. The van der Waals surface area contributed by atoms with Crippen LogP contribution in [0.2, 0.25) is 0 Å². The molecule has 3 N–H and O–H groups in total. The van der Waals surface area contributed by atoms with E-state index in [1.807, 2.05) is 25.1 Å². The maximum atomic E-state index is 11.8. The Morgan fingerprint density at radius 3 is 2.88 bits per heavy atom. The molecule has 0 aliphatic heterocycles. The number of nitrogens with one attached hydrogen (secondary N) is 1. The van der Waals surface area contributed by atoms with Crippen LogP contribution in [0.4, 0.5) is 0 Å². The van der Waals surface area contributed by atoms with Gasteiger partial charge in [0.1, 0.15) is 0 Å². The molecule has 0 spiro atoms. The monoisotopic (exact) mass is 235 g/mol. The first kappa shape index (κ1) is 13.6. The van der Waals surface area contributed by atoms with E-state index < -0.39 is 6.04 Å². The molecule has 1 aromatic heterocycles. The number of amides is 1. The Labute approximate surface area is 103 Å². The molecule has 4 heteroatoms. The summed E-state index contributed by atoms with van der Waals surface area (Å²) in [7, 11) is 0. The molecule has 0 bridgehead atoms. The smallest absolute Gasteiger partial charge is 0.237 e. The third-order valence-electron chi connectivity index (χ3n) is 2.70. The summed E-state index contributed by atoms with van der Waals surface area (Å²) < 4.78 is 0. The van der Waals surface area contributed by atoms with Crippen LogP contribution < -0.4 is 11.1 Å². The van der Waals surface area contributed by atoms with E-state index in [1.165, 1.54) is 0 Å². The minimum absolute atomic E-state index is 0.100. The second kappa shape index (κ2) is 7.01. The van der Waals surface area contributed by atoms with Gasteiger partial charge in [-0.2, -0.15) is 0 Å². The average molecular weight is 235 g/mol. The molecule has 2 atom stereocenters. The molecule has 1 amide bonds. The summed E-state index contributed by atoms with van der Waals surface area (Å²) in [5.74, 6) is -0.100. The molecule has 94 valence electrons. The van der Waals surface area contributed by atoms with Crippen LogP contribution in [0.15, 0.2) is 24.4 Å². The van der Waals surface area contributed by atoms with Crippen LogP contribution in [-0.4, -0.2) is 16.9 Å². The van der Waals surface area contributed by atoms with Crippen molar-refractivity contribution in [3.63, 3.8) is 0 Å². The van der Waals surface area contributed by atoms with Crippen molar-refractivity contribution in [2.45, 2.75) is 45.2 Å². The van der Waals surface area contributed by atoms with Gasteiger partial charge in [-0.05, 0) is 25.5 Å². The van der Waals surface area contributed by atoms with Crippen molar-refractivity contribution in [1.82, 2.24) is 10.3 Å². The Morgan fingerprint density at radius 2 is 2.29 bits per heavy atom. The second-order valence-corrected chi connectivity index (χ2v) is 4.23. The molecule has 17 heavy (non-hydrogen) atoms. The molecule has 0 saturated carbocycles. The van der Waals surface area contributed by atoms with Crippen LogP contribution in [-0.2, 0) is 4.79 Å². The molecule has 2 unspecified atom stereocenters. The number of pyridine rings is 1. The Hall–Kier alpha value is -1.42. The fraction of sp³-hybridized carbons (Fsp3) is 0.538. The summed E-state index contributed by atoms with van der Waals surface area (Å²) in [6, 6.07) is 5.13. The maximum absolute atomic E-state index is 11.8. The predicted molar refractivity (Wildman–Crippen MR) is 68.3 cm³/mol. The van der Waals surface area contributed by atoms with Gasteiger partial charge in [0.15, 0.2) is 0 Å². The van der Waals surface area contributed by atoms with Crippen LogP contribution in [0.1, 0.15) is 44.8 Å². The van der Waals surface area contributed by atoms with Gasteiger partial charge in [0.25, 0.3) is 0 Å². The van der Waals surface area contributed by atoms with E-state index in [9.17, 15) is 4.79 Å². The van der Waals surface area contributed by atoms with Gasteiger partial charge in [0.2, 0.25) is 5.91 Å². The first-order chi connectivity index (χ1) is 8.15. The lowest BCUT2D eigenvalue weighted by Crippen LogP contribution is -2.41. The summed E-state index contributed by atoms with van der Waals surface area (Å²) >= 11 is 0. The standard InChI is InChI=1S/C13H21N3O/c1-3-4-7-11(14)13(17)16-10(2)12-8-5-6-9-15-12/h5-6,8-11H,3-4,7,14H2,1-2H3,(H,16,17). The van der Waals surface area contributed by atoms with E-state index in [0.717, 1.165) is 25.0 Å². The van der Waals surface area contributed by atoms with Crippen molar-refractivity contribution >= 4 is 5.91 Å². The highest BCUT2D eigenvalue weighted by molar-refractivity contribution is 5.81. The van der Waals surface area contributed by atoms with Gasteiger partial charge in [-0.1, -0.05) is 25.8 Å². The molecule has 4 nitrogen and oxygen atoms in total. The number of aromatic nitrogens is 1. The SMILES string of the molecule is CCCCC(N)C(=O)NC(C)c1ccccn1. The normalized spacial score (nSPS) is 14.1. The van der Waals surface area contributed by atoms with E-state index in [0.29, 0.717) is 0 Å². The first-order valence-corrected chi connectivity index (χ1v) is 6.12. The molecule has 0 radical (unpaired) electrons. The van der Waals surface area contributed by atoms with Crippen LogP contribution in [0, 0.1) is 0 Å². The van der Waals surface area contributed by atoms with Crippen molar-refractivity contribution in [3.8, 4) is 0 Å². The summed E-state index contributed by atoms with van der Waals surface area (Å²) in [6.07, 6.45) is 4.48. The Balaban J connectivity index is 2.46. The summed E-state index contributed by atoms with van der Waals surface area (Å²) in [5, 5.41) is 2.88. The van der Waals surface area contributed by atoms with E-state index in [2.05, 4.69) is 17.2 Å². The first-order valence-electron chi connectivity index (χ1n) is 6.12. The molecule has 1 rings (SSSR count). The number of hydrogen-bond donors (Lipinski definition) is 2. The maximum Gasteiger partial charge on any atom is 0.237 e. The zero-order valence-electron chi connectivity index (χ0n) is 10.5. The third-order valence-corrected chi connectivity index (χ3v) is 2.70. The topological polar surface area (TPSA) is 68.0 Å². The quantitative estimate of drug-likeness (QED) is 0.789. The molecule has 1 aromatic rings. The van der Waals surface area contributed by atoms with Gasteiger partial charge in [-0.15, -0.1) is 0 Å². The van der Waals surface area contributed by atoms with E-state index >= 15 is 0 Å². The van der Waals surface area contributed by atoms with E-state index in [1.54, 1.807) is 6.20 Å². The van der Waals surface area contributed by atoms with Gasteiger partial charge in [0, 0.05) is 6.20 Å². The lowest BCUT2D eigenvalue weighted by Gasteiger charge is -2.16. The lowest BCUT2D eigenvalue weighted by atomic mass is 10.1. The van der Waals surface area contributed by atoms with Crippen molar-refractivity contribution in [2.75, 3.05) is 0 Å². The lowest BCUT2D eigenvalue weighted by molar-refractivity contribution is -0.123. The van der Waals surface area contributed by atoms with E-state index in [-0.39, 0.29) is 11.9 Å². The molecule has 0 aromatic carbocycles. The number of carbonyl (C=O) groups excluding carboxylic acids is 1. The number of nitrogens with zero attached hydrogens (tertiary/aromatic N) is 1. The van der Waals surface area contributed by atoms with Crippen molar-refractivity contribution < 1.29 is 4.79 Å². The number of unbranched alkanes of at least 4 members (excludes halogenated alkanes) is 1. The Morgan fingerprint density at radius 1 is 1.53 bits per heavy atom. The van der Waals surface area contributed by atoms with Crippen molar-refractivity contribution in [1.29, 1.82) is 0 Å². The van der Waals surface area contributed by atoms with Gasteiger partial charge < -0.3 is 11.1 Å². The van der Waals surface area contributed by atoms with Crippen LogP contribution >= 0.6 is 0 Å². The third kappa shape index (κ3) is 4.53. The van der Waals surface area contributed by atoms with Crippen LogP contribution in [0.3, 0.4) is 0 Å². The molecular weight excluding hydrogens is 214 g/mol. The second-order valence-electron chi connectivity index (χ2n) is 4.23. The summed E-state index contributed by atoms with van der Waals surface area (Å²) in [6.45, 7) is 3.99. The molecule has 0 aliphatic rings. The number of rotatable bonds is 6. The van der Waals surface area contributed by atoms with Crippen LogP contribution in [0.25, 0.3) is 0 Å². The predicted octanol–water partition coefficient (Wildman–Crippen LogP) is 1.78. The number of nitrogens with two attached hydrogens (primary N) is 1.